The number of nitrogens with zero attached hydrogens (tertiary/aromatic N) is 1. The number of carboxylic acids is 1. The Morgan fingerprint density at radius 1 is 1.12 bits per heavy atom. The average Bonchev–Trinajstić information content (AvgIpc) is 3.09. The maximum atomic E-state index is 12.9. The predicted octanol–water partition coefficient (Wildman–Crippen LogP) is 2.86. The summed E-state index contributed by atoms with van der Waals surface area (Å²) in [5.41, 5.74) is 4.19. The standard InChI is InChI=1S/C25H28N2O6/c1-25(14-32-15-25)13-27(2)23(30)21(11-22(28)29)26-24(31)33-12-20-18-9-5-3-7-16(18)17-8-4-6-10-19(17)20/h3-10,20-21H,11-15H2,1-2H3,(H,26,31)(H,28,29). The van der Waals surface area contributed by atoms with E-state index in [0.29, 0.717) is 19.8 Å². The Balaban J connectivity index is 1.41. The van der Waals surface area contributed by atoms with E-state index < -0.39 is 30.4 Å². The van der Waals surface area contributed by atoms with Crippen molar-refractivity contribution in [2.75, 3.05) is 33.4 Å². The zero-order valence-electron chi connectivity index (χ0n) is 18.7. The van der Waals surface area contributed by atoms with Gasteiger partial charge in [-0.15, -0.1) is 0 Å². The normalized spacial score (nSPS) is 16.7. The number of hydrogen-bond donors (Lipinski definition) is 2. The van der Waals surface area contributed by atoms with E-state index in [1.54, 1.807) is 7.05 Å². The Hall–Kier alpha value is -3.39. The van der Waals surface area contributed by atoms with Crippen LogP contribution in [0.3, 0.4) is 0 Å². The van der Waals surface area contributed by atoms with E-state index in [2.05, 4.69) is 5.32 Å². The highest BCUT2D eigenvalue weighted by molar-refractivity contribution is 5.89. The molecule has 1 fully saturated rings. The molecule has 1 aliphatic carbocycles. The Labute approximate surface area is 192 Å². The number of ether oxygens (including phenoxy) is 2. The number of carbonyl (C=O) groups excluding carboxylic acids is 2. The summed E-state index contributed by atoms with van der Waals surface area (Å²) in [6.07, 6.45) is -1.34. The molecule has 2 N–H and O–H groups in total. The van der Waals surface area contributed by atoms with E-state index in [4.69, 9.17) is 9.47 Å². The van der Waals surface area contributed by atoms with Crippen molar-refractivity contribution in [1.82, 2.24) is 10.2 Å². The number of hydrogen-bond acceptors (Lipinski definition) is 5. The summed E-state index contributed by atoms with van der Waals surface area (Å²) in [6.45, 7) is 3.56. The second-order valence-corrected chi connectivity index (χ2v) is 9.12. The van der Waals surface area contributed by atoms with Crippen LogP contribution < -0.4 is 5.32 Å². The lowest BCUT2D eigenvalue weighted by atomic mass is 9.88. The molecule has 0 bridgehead atoms. The minimum absolute atomic E-state index is 0.0824. The summed E-state index contributed by atoms with van der Waals surface area (Å²) in [5, 5.41) is 11.7. The number of carboxylic acid groups (broad SMARTS) is 1. The molecule has 0 spiro atoms. The van der Waals surface area contributed by atoms with E-state index in [9.17, 15) is 19.5 Å². The molecule has 4 rings (SSSR count). The maximum Gasteiger partial charge on any atom is 0.407 e. The van der Waals surface area contributed by atoms with Crippen LogP contribution in [0.15, 0.2) is 48.5 Å². The maximum absolute atomic E-state index is 12.9. The van der Waals surface area contributed by atoms with Crippen molar-refractivity contribution in [1.29, 1.82) is 0 Å². The summed E-state index contributed by atoms with van der Waals surface area (Å²) >= 11 is 0. The fourth-order valence-corrected chi connectivity index (χ4v) is 4.62. The molecule has 1 saturated heterocycles. The number of fused-ring (bicyclic) bond motifs is 3. The van der Waals surface area contributed by atoms with Crippen LogP contribution in [-0.4, -0.2) is 67.4 Å². The van der Waals surface area contributed by atoms with Crippen molar-refractivity contribution in [3.05, 3.63) is 59.7 Å². The Morgan fingerprint density at radius 3 is 2.21 bits per heavy atom. The second-order valence-electron chi connectivity index (χ2n) is 9.12. The molecule has 1 aliphatic heterocycles. The summed E-state index contributed by atoms with van der Waals surface area (Å²) in [5.74, 6) is -1.78. The molecule has 0 saturated carbocycles. The van der Waals surface area contributed by atoms with Crippen molar-refractivity contribution >= 4 is 18.0 Å². The minimum atomic E-state index is -1.22. The molecule has 2 amide bonds. The van der Waals surface area contributed by atoms with Crippen LogP contribution in [0.5, 0.6) is 0 Å². The van der Waals surface area contributed by atoms with Crippen LogP contribution in [0, 0.1) is 5.41 Å². The number of amides is 2. The summed E-state index contributed by atoms with van der Waals surface area (Å²) < 4.78 is 10.7. The monoisotopic (exact) mass is 452 g/mol. The van der Waals surface area contributed by atoms with Gasteiger partial charge in [-0.1, -0.05) is 55.5 Å². The number of carbonyl (C=O) groups is 3. The van der Waals surface area contributed by atoms with Gasteiger partial charge in [-0.25, -0.2) is 4.79 Å². The molecule has 174 valence electrons. The Bertz CT molecular complexity index is 1020. The molecule has 8 heteroatoms. The number of nitrogens with one attached hydrogen (secondary N) is 1. The molecule has 33 heavy (non-hydrogen) atoms. The molecule has 2 aromatic rings. The van der Waals surface area contributed by atoms with E-state index in [0.717, 1.165) is 22.3 Å². The number of alkyl carbamates (subject to hydrolysis) is 1. The summed E-state index contributed by atoms with van der Waals surface area (Å²) in [4.78, 5) is 38.2. The lowest BCUT2D eigenvalue weighted by molar-refractivity contribution is -0.147. The molecular formula is C25H28N2O6. The number of likely N-dealkylation sites (N-methyl/N-ethyl adjacent to an activating group) is 1. The van der Waals surface area contributed by atoms with E-state index >= 15 is 0 Å². The lowest BCUT2D eigenvalue weighted by Crippen LogP contribution is -2.54. The zero-order valence-corrected chi connectivity index (χ0v) is 18.7. The first-order chi connectivity index (χ1) is 15.8. The van der Waals surface area contributed by atoms with Crippen LogP contribution in [0.2, 0.25) is 0 Å². The smallest absolute Gasteiger partial charge is 0.407 e. The second kappa shape index (κ2) is 9.23. The van der Waals surface area contributed by atoms with Crippen molar-refractivity contribution in [3.63, 3.8) is 0 Å². The van der Waals surface area contributed by atoms with Gasteiger partial charge in [0.05, 0.1) is 19.6 Å². The molecule has 1 unspecified atom stereocenters. The number of rotatable bonds is 8. The van der Waals surface area contributed by atoms with Gasteiger partial charge >= 0.3 is 12.1 Å². The first kappa shape index (κ1) is 22.8. The minimum Gasteiger partial charge on any atom is -0.481 e. The highest BCUT2D eigenvalue weighted by Crippen LogP contribution is 2.44. The molecule has 2 aromatic carbocycles. The van der Waals surface area contributed by atoms with Gasteiger partial charge in [0.15, 0.2) is 0 Å². The highest BCUT2D eigenvalue weighted by Gasteiger charge is 2.37. The van der Waals surface area contributed by atoms with Gasteiger partial charge in [0.2, 0.25) is 5.91 Å². The molecular weight excluding hydrogens is 424 g/mol. The molecule has 2 aliphatic rings. The van der Waals surface area contributed by atoms with Crippen LogP contribution in [0.1, 0.15) is 30.4 Å². The van der Waals surface area contributed by atoms with Crippen LogP contribution in [-0.2, 0) is 19.1 Å². The first-order valence-electron chi connectivity index (χ1n) is 10.9. The topological polar surface area (TPSA) is 105 Å². The molecule has 0 aromatic heterocycles. The fourth-order valence-electron chi connectivity index (χ4n) is 4.62. The third-order valence-corrected chi connectivity index (χ3v) is 6.21. The third kappa shape index (κ3) is 4.85. The SMILES string of the molecule is CN(CC1(C)COC1)C(=O)C(CC(=O)O)NC(=O)OCC1c2ccccc2-c2ccccc21. The van der Waals surface area contributed by atoms with Gasteiger partial charge in [0.1, 0.15) is 12.6 Å². The largest absolute Gasteiger partial charge is 0.481 e. The van der Waals surface area contributed by atoms with Gasteiger partial charge in [-0.2, -0.15) is 0 Å². The van der Waals surface area contributed by atoms with E-state index in [1.165, 1.54) is 4.90 Å². The van der Waals surface area contributed by atoms with Gasteiger partial charge in [0.25, 0.3) is 0 Å². The van der Waals surface area contributed by atoms with Crippen molar-refractivity contribution in [2.24, 2.45) is 5.41 Å². The van der Waals surface area contributed by atoms with E-state index in [-0.39, 0.29) is 17.9 Å². The summed E-state index contributed by atoms with van der Waals surface area (Å²) in [7, 11) is 1.60. The molecule has 1 heterocycles. The van der Waals surface area contributed by atoms with Crippen molar-refractivity contribution in [2.45, 2.75) is 25.3 Å². The molecule has 0 radical (unpaired) electrons. The van der Waals surface area contributed by atoms with Gasteiger partial charge in [-0.3, -0.25) is 9.59 Å². The number of benzene rings is 2. The Morgan fingerprint density at radius 2 is 1.70 bits per heavy atom. The van der Waals surface area contributed by atoms with Crippen LogP contribution in [0.25, 0.3) is 11.1 Å². The summed E-state index contributed by atoms with van der Waals surface area (Å²) in [6, 6.07) is 14.7. The molecule has 1 atom stereocenters. The zero-order chi connectivity index (χ0) is 23.6. The lowest BCUT2D eigenvalue weighted by Gasteiger charge is -2.41. The number of aliphatic carboxylic acids is 1. The highest BCUT2D eigenvalue weighted by atomic mass is 16.5. The van der Waals surface area contributed by atoms with E-state index in [1.807, 2.05) is 55.5 Å². The molecule has 8 nitrogen and oxygen atoms in total. The average molecular weight is 453 g/mol. The first-order valence-corrected chi connectivity index (χ1v) is 10.9. The van der Waals surface area contributed by atoms with Crippen molar-refractivity contribution < 1.29 is 29.0 Å². The van der Waals surface area contributed by atoms with Gasteiger partial charge in [-0.05, 0) is 22.3 Å². The van der Waals surface area contributed by atoms with Gasteiger partial charge in [0, 0.05) is 24.9 Å². The predicted molar refractivity (Wildman–Crippen MR) is 121 cm³/mol. The van der Waals surface area contributed by atoms with Crippen LogP contribution in [0.4, 0.5) is 4.79 Å². The Kier molecular flexibility index (Phi) is 6.37. The van der Waals surface area contributed by atoms with Crippen LogP contribution >= 0.6 is 0 Å². The fraction of sp³-hybridized carbons (Fsp3) is 0.400. The third-order valence-electron chi connectivity index (χ3n) is 6.21. The van der Waals surface area contributed by atoms with Crippen molar-refractivity contribution in [3.8, 4) is 11.1 Å². The quantitative estimate of drug-likeness (QED) is 0.638. The van der Waals surface area contributed by atoms with Gasteiger partial charge < -0.3 is 24.8 Å².